The standard InChI is InChI=1S/C44H60F3N3O7Si/c1-42(2,3)56-40(52)49-38(37(28-15-19-30(45)20-16-28)29-17-21-31(46)22-18-29)39(51)48-36-14-12-13-35(47)34(36)24-23-32-25-50(41(53)57-43(4,5)6)26-33(55-32)27-54-58(10,11)44(7,8)9/h12-22,32-33,37-38H,23-27H2,1-11H3,(H,48,51)(H,49,52)/t32-,33+,38+/m1/s1. The normalized spacial score (nSPS) is 17.1. The van der Waals surface area contributed by atoms with Gasteiger partial charge in [0.05, 0.1) is 31.9 Å². The Bertz CT molecular complexity index is 1830. The fourth-order valence-corrected chi connectivity index (χ4v) is 7.30. The Balaban J connectivity index is 1.64. The fraction of sp³-hybridized carbons (Fsp3) is 0.523. The maximum atomic E-state index is 15.8. The van der Waals surface area contributed by atoms with Crippen LogP contribution in [0.1, 0.15) is 91.3 Å². The van der Waals surface area contributed by atoms with Crippen molar-refractivity contribution in [3.05, 3.63) is 101 Å². The van der Waals surface area contributed by atoms with Crippen molar-refractivity contribution in [1.29, 1.82) is 0 Å². The van der Waals surface area contributed by atoms with Gasteiger partial charge in [-0.15, -0.1) is 0 Å². The van der Waals surface area contributed by atoms with Gasteiger partial charge in [0, 0.05) is 17.2 Å². The number of carbonyl (C=O) groups excluding carboxylic acids is 3. The second-order valence-corrected chi connectivity index (χ2v) is 23.1. The molecule has 3 atom stereocenters. The molecule has 3 aromatic carbocycles. The van der Waals surface area contributed by atoms with Crippen molar-refractivity contribution >= 4 is 32.1 Å². The van der Waals surface area contributed by atoms with Crippen LogP contribution >= 0.6 is 0 Å². The van der Waals surface area contributed by atoms with E-state index in [2.05, 4.69) is 44.5 Å². The minimum absolute atomic E-state index is 0.0446. The monoisotopic (exact) mass is 827 g/mol. The quantitative estimate of drug-likeness (QED) is 0.175. The molecule has 3 amide bonds. The first-order valence-electron chi connectivity index (χ1n) is 19.7. The lowest BCUT2D eigenvalue weighted by Crippen LogP contribution is -2.54. The fourth-order valence-electron chi connectivity index (χ4n) is 6.27. The molecular weight excluding hydrogens is 768 g/mol. The van der Waals surface area contributed by atoms with Gasteiger partial charge < -0.3 is 34.2 Å². The first-order chi connectivity index (χ1) is 26.8. The maximum Gasteiger partial charge on any atom is 0.410 e. The molecule has 0 aliphatic carbocycles. The first-order valence-corrected chi connectivity index (χ1v) is 22.6. The summed E-state index contributed by atoms with van der Waals surface area (Å²) in [4.78, 5) is 42.6. The summed E-state index contributed by atoms with van der Waals surface area (Å²) in [6.07, 6.45) is -2.01. The predicted molar refractivity (Wildman–Crippen MR) is 221 cm³/mol. The number of nitrogens with one attached hydrogen (secondary N) is 2. The third-order valence-electron chi connectivity index (χ3n) is 10.2. The van der Waals surface area contributed by atoms with Crippen molar-refractivity contribution in [2.24, 2.45) is 0 Å². The van der Waals surface area contributed by atoms with E-state index in [0.29, 0.717) is 11.1 Å². The molecule has 1 aliphatic heterocycles. The number of halogens is 3. The highest BCUT2D eigenvalue weighted by atomic mass is 28.4. The van der Waals surface area contributed by atoms with E-state index in [4.69, 9.17) is 18.6 Å². The Hall–Kier alpha value is -4.40. The first kappa shape index (κ1) is 46.3. The molecule has 0 aromatic heterocycles. The Labute approximate surface area is 342 Å². The van der Waals surface area contributed by atoms with E-state index in [1.807, 2.05) is 0 Å². The third-order valence-corrected chi connectivity index (χ3v) is 14.7. The number of hydrogen-bond donors (Lipinski definition) is 2. The number of nitrogens with zero attached hydrogens (tertiary/aromatic N) is 1. The molecule has 10 nitrogen and oxygen atoms in total. The molecule has 0 bridgehead atoms. The van der Waals surface area contributed by atoms with Crippen molar-refractivity contribution in [2.45, 2.75) is 129 Å². The Morgan fingerprint density at radius 2 is 1.33 bits per heavy atom. The number of carbonyl (C=O) groups is 3. The average molecular weight is 828 g/mol. The van der Waals surface area contributed by atoms with Crippen LogP contribution in [-0.2, 0) is 29.9 Å². The van der Waals surface area contributed by atoms with Crippen LogP contribution in [0.25, 0.3) is 0 Å². The summed E-state index contributed by atoms with van der Waals surface area (Å²) in [6, 6.07) is 13.7. The van der Waals surface area contributed by atoms with Crippen LogP contribution < -0.4 is 10.6 Å². The largest absolute Gasteiger partial charge is 0.444 e. The van der Waals surface area contributed by atoms with Gasteiger partial charge in [-0.2, -0.15) is 0 Å². The Morgan fingerprint density at radius 1 is 0.793 bits per heavy atom. The van der Waals surface area contributed by atoms with Gasteiger partial charge in [0.15, 0.2) is 8.32 Å². The zero-order valence-electron chi connectivity index (χ0n) is 35.6. The van der Waals surface area contributed by atoms with Crippen LogP contribution in [0.2, 0.25) is 18.1 Å². The lowest BCUT2D eigenvalue weighted by molar-refractivity contribution is -0.118. The summed E-state index contributed by atoms with van der Waals surface area (Å²) in [5.41, 5.74) is -0.423. The molecule has 318 valence electrons. The van der Waals surface area contributed by atoms with E-state index in [-0.39, 0.29) is 48.8 Å². The van der Waals surface area contributed by atoms with Gasteiger partial charge in [-0.3, -0.25) is 4.79 Å². The van der Waals surface area contributed by atoms with Crippen LogP contribution in [0.5, 0.6) is 0 Å². The maximum absolute atomic E-state index is 15.8. The molecule has 4 rings (SSSR count). The van der Waals surface area contributed by atoms with Gasteiger partial charge in [-0.25, -0.2) is 22.8 Å². The van der Waals surface area contributed by atoms with E-state index in [0.717, 1.165) is 0 Å². The van der Waals surface area contributed by atoms with Crippen LogP contribution in [0, 0.1) is 17.5 Å². The van der Waals surface area contributed by atoms with E-state index in [9.17, 15) is 23.2 Å². The topological polar surface area (TPSA) is 115 Å². The van der Waals surface area contributed by atoms with Crippen LogP contribution in [-0.4, -0.2) is 80.5 Å². The van der Waals surface area contributed by atoms with Crippen molar-refractivity contribution in [2.75, 3.05) is 25.0 Å². The summed E-state index contributed by atoms with van der Waals surface area (Å²) >= 11 is 0. The number of ether oxygens (including phenoxy) is 3. The Morgan fingerprint density at radius 3 is 1.84 bits per heavy atom. The predicted octanol–water partition coefficient (Wildman–Crippen LogP) is 9.73. The summed E-state index contributed by atoms with van der Waals surface area (Å²) in [7, 11) is -2.16. The minimum Gasteiger partial charge on any atom is -0.444 e. The van der Waals surface area contributed by atoms with E-state index in [1.165, 1.54) is 60.7 Å². The zero-order valence-corrected chi connectivity index (χ0v) is 36.6. The smallest absolute Gasteiger partial charge is 0.410 e. The van der Waals surface area contributed by atoms with Crippen molar-refractivity contribution < 1.29 is 46.2 Å². The summed E-state index contributed by atoms with van der Waals surface area (Å²) in [6.45, 7) is 21.8. The average Bonchev–Trinajstić information content (AvgIpc) is 3.09. The Kier molecular flexibility index (Phi) is 14.9. The van der Waals surface area contributed by atoms with E-state index in [1.54, 1.807) is 52.5 Å². The van der Waals surface area contributed by atoms with Crippen LogP contribution in [0.15, 0.2) is 66.7 Å². The lowest BCUT2D eigenvalue weighted by Gasteiger charge is -2.41. The van der Waals surface area contributed by atoms with Gasteiger partial charge in [-0.05, 0) is 120 Å². The number of hydrogen-bond acceptors (Lipinski definition) is 7. The van der Waals surface area contributed by atoms with Gasteiger partial charge >= 0.3 is 12.2 Å². The molecule has 1 fully saturated rings. The second kappa shape index (κ2) is 18.7. The number of amides is 3. The molecule has 0 saturated carbocycles. The van der Waals surface area contributed by atoms with Gasteiger partial charge in [0.2, 0.25) is 5.91 Å². The molecule has 3 aromatic rings. The molecule has 1 saturated heterocycles. The highest BCUT2D eigenvalue weighted by molar-refractivity contribution is 6.74. The van der Waals surface area contributed by atoms with Crippen molar-refractivity contribution in [3.63, 3.8) is 0 Å². The highest BCUT2D eigenvalue weighted by Crippen LogP contribution is 2.37. The number of rotatable bonds is 12. The van der Waals surface area contributed by atoms with Crippen molar-refractivity contribution in [1.82, 2.24) is 10.2 Å². The number of anilines is 1. The van der Waals surface area contributed by atoms with E-state index < -0.39 is 79.2 Å². The SMILES string of the molecule is CC(C)(C)OC(=O)N[C@H](C(=O)Nc1cccc(F)c1CC[C@@H]1CN(C(=O)OC(C)(C)C)C[C@@H](CO[Si](C)(C)C(C)(C)C)O1)C(c1ccc(F)cc1)c1ccc(F)cc1. The number of alkyl carbamates (subject to hydrolysis) is 1. The van der Waals surface area contributed by atoms with Gasteiger partial charge in [0.1, 0.15) is 34.7 Å². The molecular formula is C44H60F3N3O7Si. The lowest BCUT2D eigenvalue weighted by atomic mass is 9.84. The second-order valence-electron chi connectivity index (χ2n) is 18.3. The minimum atomic E-state index is -2.16. The van der Waals surface area contributed by atoms with Crippen LogP contribution in [0.3, 0.4) is 0 Å². The van der Waals surface area contributed by atoms with Crippen LogP contribution in [0.4, 0.5) is 28.4 Å². The summed E-state index contributed by atoms with van der Waals surface area (Å²) in [5, 5.41) is 5.45. The number of benzene rings is 3. The van der Waals surface area contributed by atoms with Crippen molar-refractivity contribution in [3.8, 4) is 0 Å². The highest BCUT2D eigenvalue weighted by Gasteiger charge is 2.40. The molecule has 0 spiro atoms. The molecule has 1 aliphatic rings. The molecule has 0 unspecified atom stereocenters. The molecule has 1 heterocycles. The van der Waals surface area contributed by atoms with E-state index >= 15 is 4.39 Å². The molecule has 14 heteroatoms. The van der Waals surface area contributed by atoms with Gasteiger partial charge in [-0.1, -0.05) is 51.1 Å². The third kappa shape index (κ3) is 13.3. The molecule has 0 radical (unpaired) electrons. The summed E-state index contributed by atoms with van der Waals surface area (Å²) in [5.74, 6) is -3.30. The molecule has 58 heavy (non-hydrogen) atoms. The zero-order chi connectivity index (χ0) is 43.2. The summed E-state index contributed by atoms with van der Waals surface area (Å²) < 4.78 is 68.2. The molecule has 2 N–H and O–H groups in total. The number of morpholine rings is 1. The van der Waals surface area contributed by atoms with Gasteiger partial charge in [0.25, 0.3) is 0 Å².